The third-order valence-electron chi connectivity index (χ3n) is 3.62. The first-order valence-electron chi connectivity index (χ1n) is 6.87. The lowest BCUT2D eigenvalue weighted by atomic mass is 10.1. The summed E-state index contributed by atoms with van der Waals surface area (Å²) in [6.45, 7) is 4.34. The van der Waals surface area contributed by atoms with Gasteiger partial charge in [0.1, 0.15) is 6.04 Å². The fourth-order valence-electron chi connectivity index (χ4n) is 2.51. The van der Waals surface area contributed by atoms with Gasteiger partial charge in [-0.05, 0) is 17.9 Å². The average Bonchev–Trinajstić information content (AvgIpc) is 2.57. The molecule has 4 nitrogen and oxygen atoms in total. The first kappa shape index (κ1) is 14.0. The van der Waals surface area contributed by atoms with Crippen LogP contribution in [0.3, 0.4) is 0 Å². The van der Waals surface area contributed by atoms with Crippen molar-refractivity contribution in [2.45, 2.75) is 19.4 Å². The van der Waals surface area contributed by atoms with Gasteiger partial charge in [0.15, 0.2) is 0 Å². The van der Waals surface area contributed by atoms with E-state index in [0.717, 1.165) is 19.5 Å². The van der Waals surface area contributed by atoms with Gasteiger partial charge in [-0.25, -0.2) is 0 Å². The molecule has 0 aliphatic carbocycles. The van der Waals surface area contributed by atoms with E-state index in [2.05, 4.69) is 29.3 Å². The monoisotopic (exact) mass is 262 g/mol. The van der Waals surface area contributed by atoms with Crippen molar-refractivity contribution >= 4 is 5.91 Å². The number of nitrogens with one attached hydrogen (secondary N) is 1. The quantitative estimate of drug-likeness (QED) is 0.838. The van der Waals surface area contributed by atoms with E-state index in [-0.39, 0.29) is 12.5 Å². The highest BCUT2D eigenvalue weighted by Gasteiger charge is 2.29. The Morgan fingerprint density at radius 2 is 2.11 bits per heavy atom. The second-order valence-electron chi connectivity index (χ2n) is 5.28. The van der Waals surface area contributed by atoms with Gasteiger partial charge in [-0.2, -0.15) is 0 Å². The van der Waals surface area contributed by atoms with Gasteiger partial charge in [-0.3, -0.25) is 9.69 Å². The molecule has 0 spiro atoms. The standard InChI is InChI=1S/C15H22N2O2/c1-12-9-16-15(19)14(11-18)17(10-12)8-7-13-5-3-2-4-6-13/h2-6,12,14,18H,7-11H2,1H3,(H,16,19). The largest absolute Gasteiger partial charge is 0.394 e. The molecule has 0 saturated carbocycles. The summed E-state index contributed by atoms with van der Waals surface area (Å²) in [6, 6.07) is 9.83. The zero-order valence-corrected chi connectivity index (χ0v) is 11.4. The number of amides is 1. The molecule has 19 heavy (non-hydrogen) atoms. The summed E-state index contributed by atoms with van der Waals surface area (Å²) >= 11 is 0. The predicted molar refractivity (Wildman–Crippen MR) is 74.8 cm³/mol. The summed E-state index contributed by atoms with van der Waals surface area (Å²) in [4.78, 5) is 14.0. The maximum absolute atomic E-state index is 11.9. The molecule has 1 aliphatic rings. The maximum atomic E-state index is 11.9. The summed E-state index contributed by atoms with van der Waals surface area (Å²) in [5, 5.41) is 12.3. The van der Waals surface area contributed by atoms with E-state index < -0.39 is 6.04 Å². The number of rotatable bonds is 4. The third-order valence-corrected chi connectivity index (χ3v) is 3.62. The molecule has 2 rings (SSSR count). The molecule has 0 aromatic heterocycles. The summed E-state index contributed by atoms with van der Waals surface area (Å²) in [7, 11) is 0. The van der Waals surface area contributed by atoms with Gasteiger partial charge in [0.05, 0.1) is 6.61 Å². The van der Waals surface area contributed by atoms with E-state index in [9.17, 15) is 9.90 Å². The van der Waals surface area contributed by atoms with Crippen molar-refractivity contribution in [3.8, 4) is 0 Å². The van der Waals surface area contributed by atoms with Crippen molar-refractivity contribution in [2.75, 3.05) is 26.2 Å². The Labute approximate surface area is 114 Å². The number of carbonyl (C=O) groups is 1. The number of aliphatic hydroxyl groups is 1. The molecule has 1 heterocycles. The Morgan fingerprint density at radius 3 is 2.79 bits per heavy atom. The molecule has 4 heteroatoms. The molecule has 1 aromatic rings. The minimum absolute atomic E-state index is 0.0556. The molecule has 2 N–H and O–H groups in total. The minimum Gasteiger partial charge on any atom is -0.394 e. The van der Waals surface area contributed by atoms with Gasteiger partial charge in [-0.1, -0.05) is 37.3 Å². The van der Waals surface area contributed by atoms with Gasteiger partial charge in [0, 0.05) is 19.6 Å². The Hall–Kier alpha value is -1.39. The molecule has 1 saturated heterocycles. The number of nitrogens with zero attached hydrogens (tertiary/aromatic N) is 1. The SMILES string of the molecule is CC1CNC(=O)C(CO)N(CCc2ccccc2)C1. The van der Waals surface area contributed by atoms with E-state index in [1.54, 1.807) is 0 Å². The van der Waals surface area contributed by atoms with Crippen LogP contribution in [0, 0.1) is 5.92 Å². The van der Waals surface area contributed by atoms with Gasteiger partial charge in [0.25, 0.3) is 0 Å². The van der Waals surface area contributed by atoms with Crippen LogP contribution in [0.2, 0.25) is 0 Å². The van der Waals surface area contributed by atoms with Crippen molar-refractivity contribution in [3.05, 3.63) is 35.9 Å². The molecular weight excluding hydrogens is 240 g/mol. The fraction of sp³-hybridized carbons (Fsp3) is 0.533. The summed E-state index contributed by atoms with van der Waals surface area (Å²) in [5.41, 5.74) is 1.26. The van der Waals surface area contributed by atoms with Gasteiger partial charge in [0.2, 0.25) is 5.91 Å². The van der Waals surface area contributed by atoms with Crippen LogP contribution in [0.1, 0.15) is 12.5 Å². The van der Waals surface area contributed by atoms with E-state index in [0.29, 0.717) is 12.5 Å². The maximum Gasteiger partial charge on any atom is 0.239 e. The molecule has 2 atom stereocenters. The number of carbonyl (C=O) groups excluding carboxylic acids is 1. The highest BCUT2D eigenvalue weighted by molar-refractivity contribution is 5.82. The zero-order chi connectivity index (χ0) is 13.7. The van der Waals surface area contributed by atoms with Crippen molar-refractivity contribution in [2.24, 2.45) is 5.92 Å². The van der Waals surface area contributed by atoms with Crippen molar-refractivity contribution < 1.29 is 9.90 Å². The number of aliphatic hydroxyl groups excluding tert-OH is 1. The Bertz CT molecular complexity index is 408. The average molecular weight is 262 g/mol. The van der Waals surface area contributed by atoms with E-state index >= 15 is 0 Å². The van der Waals surface area contributed by atoms with Crippen LogP contribution in [-0.2, 0) is 11.2 Å². The lowest BCUT2D eigenvalue weighted by Gasteiger charge is -2.27. The van der Waals surface area contributed by atoms with E-state index in [1.165, 1.54) is 5.56 Å². The molecule has 2 unspecified atom stereocenters. The summed E-state index contributed by atoms with van der Waals surface area (Å²) in [5.74, 6) is 0.358. The third kappa shape index (κ3) is 3.78. The Kier molecular flexibility index (Phi) is 4.93. The van der Waals surface area contributed by atoms with Crippen molar-refractivity contribution in [3.63, 3.8) is 0 Å². The van der Waals surface area contributed by atoms with Crippen LogP contribution >= 0.6 is 0 Å². The number of hydrogen-bond donors (Lipinski definition) is 2. The molecule has 1 aromatic carbocycles. The van der Waals surface area contributed by atoms with Crippen molar-refractivity contribution in [1.29, 1.82) is 0 Å². The van der Waals surface area contributed by atoms with Gasteiger partial charge < -0.3 is 10.4 Å². The second-order valence-corrected chi connectivity index (χ2v) is 5.28. The second kappa shape index (κ2) is 6.68. The fourth-order valence-corrected chi connectivity index (χ4v) is 2.51. The molecular formula is C15H22N2O2. The van der Waals surface area contributed by atoms with Crippen molar-refractivity contribution in [1.82, 2.24) is 10.2 Å². The topological polar surface area (TPSA) is 52.6 Å². The van der Waals surface area contributed by atoms with Crippen LogP contribution in [0.5, 0.6) is 0 Å². The molecule has 104 valence electrons. The highest BCUT2D eigenvalue weighted by Crippen LogP contribution is 2.11. The van der Waals surface area contributed by atoms with Gasteiger partial charge >= 0.3 is 0 Å². The molecule has 1 fully saturated rings. The van der Waals surface area contributed by atoms with Crippen LogP contribution in [0.25, 0.3) is 0 Å². The number of benzene rings is 1. The first-order valence-corrected chi connectivity index (χ1v) is 6.87. The minimum atomic E-state index is -0.409. The van der Waals surface area contributed by atoms with Crippen LogP contribution < -0.4 is 5.32 Å². The molecule has 0 radical (unpaired) electrons. The van der Waals surface area contributed by atoms with E-state index in [1.807, 2.05) is 18.2 Å². The molecule has 1 amide bonds. The lowest BCUT2D eigenvalue weighted by Crippen LogP contribution is -2.47. The predicted octanol–water partition coefficient (Wildman–Crippen LogP) is 0.658. The van der Waals surface area contributed by atoms with E-state index in [4.69, 9.17) is 0 Å². The smallest absolute Gasteiger partial charge is 0.239 e. The molecule has 0 bridgehead atoms. The normalized spacial score (nSPS) is 24.8. The summed E-state index contributed by atoms with van der Waals surface area (Å²) in [6.07, 6.45) is 0.900. The summed E-state index contributed by atoms with van der Waals surface area (Å²) < 4.78 is 0. The highest BCUT2D eigenvalue weighted by atomic mass is 16.3. The Morgan fingerprint density at radius 1 is 1.37 bits per heavy atom. The van der Waals surface area contributed by atoms with Crippen LogP contribution in [-0.4, -0.2) is 48.2 Å². The van der Waals surface area contributed by atoms with Crippen LogP contribution in [0.15, 0.2) is 30.3 Å². The first-order chi connectivity index (χ1) is 9.20. The Balaban J connectivity index is 2.00. The van der Waals surface area contributed by atoms with Gasteiger partial charge in [-0.15, -0.1) is 0 Å². The molecule has 1 aliphatic heterocycles. The van der Waals surface area contributed by atoms with Crippen LogP contribution in [0.4, 0.5) is 0 Å². The lowest BCUT2D eigenvalue weighted by molar-refractivity contribution is -0.126. The zero-order valence-electron chi connectivity index (χ0n) is 11.4. The number of hydrogen-bond acceptors (Lipinski definition) is 3.